The summed E-state index contributed by atoms with van der Waals surface area (Å²) in [5.41, 5.74) is 0.668. The number of nitrogens with zero attached hydrogens (tertiary/aromatic N) is 1. The SMILES string of the molecule is CCOc1ccc(C(C(=O)O)N(C)CCO)cc1. The Labute approximate surface area is 107 Å². The number of hydrogen-bond acceptors (Lipinski definition) is 4. The molecule has 100 valence electrons. The van der Waals surface area contributed by atoms with E-state index >= 15 is 0 Å². The van der Waals surface area contributed by atoms with Crippen molar-refractivity contribution in [2.24, 2.45) is 0 Å². The average Bonchev–Trinajstić information content (AvgIpc) is 2.32. The number of carbonyl (C=O) groups is 1. The molecule has 0 saturated heterocycles. The number of hydrogen-bond donors (Lipinski definition) is 2. The molecule has 18 heavy (non-hydrogen) atoms. The minimum atomic E-state index is -0.935. The Hall–Kier alpha value is -1.59. The summed E-state index contributed by atoms with van der Waals surface area (Å²) < 4.78 is 5.31. The molecular formula is C13H19NO4. The summed E-state index contributed by atoms with van der Waals surface area (Å²) in [5.74, 6) is -0.217. The van der Waals surface area contributed by atoms with Crippen molar-refractivity contribution in [2.75, 3.05) is 26.8 Å². The summed E-state index contributed by atoms with van der Waals surface area (Å²) in [6.45, 7) is 2.70. The number of benzene rings is 1. The van der Waals surface area contributed by atoms with Crippen molar-refractivity contribution in [1.82, 2.24) is 4.90 Å². The quantitative estimate of drug-likeness (QED) is 0.762. The van der Waals surface area contributed by atoms with Gasteiger partial charge in [-0.1, -0.05) is 12.1 Å². The van der Waals surface area contributed by atoms with Crippen LogP contribution in [0.2, 0.25) is 0 Å². The normalized spacial score (nSPS) is 12.4. The molecule has 0 aliphatic rings. The smallest absolute Gasteiger partial charge is 0.325 e. The lowest BCUT2D eigenvalue weighted by molar-refractivity contribution is -0.143. The molecule has 0 aliphatic heterocycles. The van der Waals surface area contributed by atoms with Gasteiger partial charge in [-0.3, -0.25) is 9.69 Å². The third-order valence-corrected chi connectivity index (χ3v) is 2.63. The van der Waals surface area contributed by atoms with Gasteiger partial charge in [-0.2, -0.15) is 0 Å². The van der Waals surface area contributed by atoms with E-state index in [0.717, 1.165) is 5.75 Å². The van der Waals surface area contributed by atoms with Crippen molar-refractivity contribution < 1.29 is 19.7 Å². The molecule has 0 bridgehead atoms. The van der Waals surface area contributed by atoms with Gasteiger partial charge in [0.2, 0.25) is 0 Å². The van der Waals surface area contributed by atoms with Crippen LogP contribution in [0.3, 0.4) is 0 Å². The van der Waals surface area contributed by atoms with Crippen LogP contribution in [-0.2, 0) is 4.79 Å². The molecule has 1 aromatic rings. The van der Waals surface area contributed by atoms with Crippen LogP contribution in [-0.4, -0.2) is 47.9 Å². The second-order valence-electron chi connectivity index (χ2n) is 3.95. The molecule has 5 heteroatoms. The van der Waals surface area contributed by atoms with Crippen LogP contribution in [0.15, 0.2) is 24.3 Å². The zero-order valence-corrected chi connectivity index (χ0v) is 10.7. The van der Waals surface area contributed by atoms with E-state index in [9.17, 15) is 9.90 Å². The third-order valence-electron chi connectivity index (χ3n) is 2.63. The summed E-state index contributed by atoms with van der Waals surface area (Å²) in [7, 11) is 1.67. The Morgan fingerprint density at radius 1 is 1.39 bits per heavy atom. The van der Waals surface area contributed by atoms with Crippen LogP contribution < -0.4 is 4.74 Å². The Bertz CT molecular complexity index is 377. The van der Waals surface area contributed by atoms with Crippen molar-refractivity contribution in [3.63, 3.8) is 0 Å². The maximum atomic E-state index is 11.3. The lowest BCUT2D eigenvalue weighted by Gasteiger charge is -2.24. The van der Waals surface area contributed by atoms with Gasteiger partial charge in [-0.15, -0.1) is 0 Å². The zero-order chi connectivity index (χ0) is 13.5. The lowest BCUT2D eigenvalue weighted by atomic mass is 10.1. The molecule has 1 unspecified atom stereocenters. The summed E-state index contributed by atoms with van der Waals surface area (Å²) in [6, 6.07) is 6.21. The molecule has 0 aromatic heterocycles. The Morgan fingerprint density at radius 3 is 2.44 bits per heavy atom. The molecule has 1 aromatic carbocycles. The minimum absolute atomic E-state index is 0.0721. The standard InChI is InChI=1S/C13H19NO4/c1-3-18-11-6-4-10(5-7-11)12(13(16)17)14(2)8-9-15/h4-7,12,15H,3,8-9H2,1-2H3,(H,16,17). The predicted octanol–water partition coefficient (Wildman–Crippen LogP) is 1.14. The number of ether oxygens (including phenoxy) is 1. The molecular weight excluding hydrogens is 234 g/mol. The molecule has 5 nitrogen and oxygen atoms in total. The van der Waals surface area contributed by atoms with Crippen molar-refractivity contribution in [3.8, 4) is 5.75 Å². The van der Waals surface area contributed by atoms with E-state index < -0.39 is 12.0 Å². The molecule has 0 fully saturated rings. The lowest BCUT2D eigenvalue weighted by Crippen LogP contribution is -2.32. The van der Waals surface area contributed by atoms with Gasteiger partial charge in [-0.25, -0.2) is 0 Å². The van der Waals surface area contributed by atoms with E-state index in [1.807, 2.05) is 6.92 Å². The highest BCUT2D eigenvalue weighted by Crippen LogP contribution is 2.22. The molecule has 1 atom stereocenters. The average molecular weight is 253 g/mol. The predicted molar refractivity (Wildman–Crippen MR) is 67.7 cm³/mol. The van der Waals surface area contributed by atoms with E-state index in [-0.39, 0.29) is 6.61 Å². The van der Waals surface area contributed by atoms with Crippen LogP contribution in [0, 0.1) is 0 Å². The fraction of sp³-hybridized carbons (Fsp3) is 0.462. The van der Waals surface area contributed by atoms with Gasteiger partial charge in [0.1, 0.15) is 11.8 Å². The van der Waals surface area contributed by atoms with Crippen molar-refractivity contribution in [2.45, 2.75) is 13.0 Å². The number of aliphatic hydroxyl groups excluding tert-OH is 1. The van der Waals surface area contributed by atoms with E-state index in [0.29, 0.717) is 18.7 Å². The molecule has 0 aliphatic carbocycles. The number of aliphatic carboxylic acids is 1. The zero-order valence-electron chi connectivity index (χ0n) is 10.7. The number of carboxylic acid groups (broad SMARTS) is 1. The summed E-state index contributed by atoms with van der Waals surface area (Å²) in [6.07, 6.45) is 0. The van der Waals surface area contributed by atoms with Gasteiger partial charge in [0, 0.05) is 6.54 Å². The third kappa shape index (κ3) is 3.72. The van der Waals surface area contributed by atoms with E-state index in [1.54, 1.807) is 36.2 Å². The number of carboxylic acids is 1. The van der Waals surface area contributed by atoms with Gasteiger partial charge < -0.3 is 14.9 Å². The molecule has 0 saturated carbocycles. The van der Waals surface area contributed by atoms with Gasteiger partial charge >= 0.3 is 5.97 Å². The van der Waals surface area contributed by atoms with E-state index in [2.05, 4.69) is 0 Å². The number of likely N-dealkylation sites (N-methyl/N-ethyl adjacent to an activating group) is 1. The highest BCUT2D eigenvalue weighted by atomic mass is 16.5. The van der Waals surface area contributed by atoms with Crippen LogP contribution >= 0.6 is 0 Å². The van der Waals surface area contributed by atoms with Crippen molar-refractivity contribution in [1.29, 1.82) is 0 Å². The van der Waals surface area contributed by atoms with Crippen LogP contribution in [0.4, 0.5) is 0 Å². The summed E-state index contributed by atoms with van der Waals surface area (Å²) in [4.78, 5) is 12.9. The second-order valence-corrected chi connectivity index (χ2v) is 3.95. The molecule has 0 spiro atoms. The highest BCUT2D eigenvalue weighted by molar-refractivity contribution is 5.75. The van der Waals surface area contributed by atoms with Crippen LogP contribution in [0.1, 0.15) is 18.5 Å². The Morgan fingerprint density at radius 2 is 2.00 bits per heavy atom. The summed E-state index contributed by atoms with van der Waals surface area (Å²) >= 11 is 0. The molecule has 1 rings (SSSR count). The molecule has 0 heterocycles. The van der Waals surface area contributed by atoms with E-state index in [4.69, 9.17) is 9.84 Å². The van der Waals surface area contributed by atoms with Gasteiger partial charge in [-0.05, 0) is 31.7 Å². The van der Waals surface area contributed by atoms with Gasteiger partial charge in [0.25, 0.3) is 0 Å². The first-order valence-electron chi connectivity index (χ1n) is 5.86. The van der Waals surface area contributed by atoms with E-state index in [1.165, 1.54) is 0 Å². The first-order chi connectivity index (χ1) is 8.60. The Balaban J connectivity index is 2.88. The van der Waals surface area contributed by atoms with Gasteiger partial charge in [0.05, 0.1) is 13.2 Å². The second kappa shape index (κ2) is 6.98. The minimum Gasteiger partial charge on any atom is -0.494 e. The summed E-state index contributed by atoms with van der Waals surface area (Å²) in [5, 5.41) is 18.1. The first kappa shape index (κ1) is 14.5. The largest absolute Gasteiger partial charge is 0.494 e. The first-order valence-corrected chi connectivity index (χ1v) is 5.86. The number of aliphatic hydroxyl groups is 1. The fourth-order valence-electron chi connectivity index (χ4n) is 1.79. The van der Waals surface area contributed by atoms with Gasteiger partial charge in [0.15, 0.2) is 0 Å². The maximum Gasteiger partial charge on any atom is 0.325 e. The fourth-order valence-corrected chi connectivity index (χ4v) is 1.79. The molecule has 0 radical (unpaired) electrons. The van der Waals surface area contributed by atoms with Crippen molar-refractivity contribution >= 4 is 5.97 Å². The molecule has 0 amide bonds. The van der Waals surface area contributed by atoms with Crippen LogP contribution in [0.5, 0.6) is 5.75 Å². The Kier molecular flexibility index (Phi) is 5.61. The van der Waals surface area contributed by atoms with Crippen LogP contribution in [0.25, 0.3) is 0 Å². The topological polar surface area (TPSA) is 70.0 Å². The number of rotatable bonds is 7. The monoisotopic (exact) mass is 253 g/mol. The van der Waals surface area contributed by atoms with Crippen molar-refractivity contribution in [3.05, 3.63) is 29.8 Å². The highest BCUT2D eigenvalue weighted by Gasteiger charge is 2.24. The molecule has 2 N–H and O–H groups in total. The maximum absolute atomic E-state index is 11.3.